The van der Waals surface area contributed by atoms with Crippen molar-refractivity contribution in [1.29, 1.82) is 5.26 Å². The molecule has 1 amide bonds. The minimum absolute atomic E-state index is 0.268. The van der Waals surface area contributed by atoms with E-state index in [1.807, 2.05) is 6.07 Å². The quantitative estimate of drug-likeness (QED) is 0.820. The van der Waals surface area contributed by atoms with Crippen LogP contribution in [0.25, 0.3) is 0 Å². The van der Waals surface area contributed by atoms with Crippen LogP contribution in [0.2, 0.25) is 0 Å². The topological polar surface area (TPSA) is 79.2 Å². The molecule has 1 atom stereocenters. The summed E-state index contributed by atoms with van der Waals surface area (Å²) >= 11 is 0. The molecular weight excluding hydrogens is 323 g/mol. The lowest BCUT2D eigenvalue weighted by molar-refractivity contribution is -0.129. The van der Waals surface area contributed by atoms with Gasteiger partial charge in [-0.1, -0.05) is 12.1 Å². The Balaban J connectivity index is 1.79. The Labute approximate surface area is 145 Å². The van der Waals surface area contributed by atoms with Gasteiger partial charge in [0.15, 0.2) is 6.10 Å². The van der Waals surface area contributed by atoms with Crippen LogP contribution in [0.5, 0.6) is 0 Å². The van der Waals surface area contributed by atoms with Gasteiger partial charge < -0.3 is 10.1 Å². The van der Waals surface area contributed by atoms with Crippen molar-refractivity contribution in [2.45, 2.75) is 19.4 Å². The number of carbonyl (C=O) groups is 2. The Morgan fingerprint density at radius 2 is 1.80 bits per heavy atom. The molecule has 0 aliphatic heterocycles. The van der Waals surface area contributed by atoms with E-state index in [-0.39, 0.29) is 11.4 Å². The van der Waals surface area contributed by atoms with Gasteiger partial charge in [0.2, 0.25) is 0 Å². The van der Waals surface area contributed by atoms with E-state index in [4.69, 9.17) is 10.00 Å². The molecule has 0 heterocycles. The van der Waals surface area contributed by atoms with E-state index in [0.717, 1.165) is 5.56 Å². The second-order valence-corrected chi connectivity index (χ2v) is 5.40. The third kappa shape index (κ3) is 5.43. The van der Waals surface area contributed by atoms with Crippen molar-refractivity contribution in [1.82, 2.24) is 5.32 Å². The maximum Gasteiger partial charge on any atom is 0.338 e. The van der Waals surface area contributed by atoms with Gasteiger partial charge in [-0.15, -0.1) is 0 Å². The first-order valence-electron chi connectivity index (χ1n) is 7.73. The van der Waals surface area contributed by atoms with Crippen LogP contribution in [0.4, 0.5) is 4.39 Å². The molecule has 2 aromatic rings. The Kier molecular flexibility index (Phi) is 6.24. The van der Waals surface area contributed by atoms with Crippen LogP contribution in [0, 0.1) is 17.1 Å². The van der Waals surface area contributed by atoms with E-state index in [0.29, 0.717) is 18.5 Å². The number of nitriles is 1. The van der Waals surface area contributed by atoms with Crippen LogP contribution in [-0.2, 0) is 16.0 Å². The number of hydrogen-bond donors (Lipinski definition) is 1. The highest BCUT2D eigenvalue weighted by molar-refractivity contribution is 5.92. The summed E-state index contributed by atoms with van der Waals surface area (Å²) in [5.41, 5.74) is 1.59. The number of benzene rings is 2. The van der Waals surface area contributed by atoms with Gasteiger partial charge in [0, 0.05) is 6.54 Å². The van der Waals surface area contributed by atoms with Crippen molar-refractivity contribution in [2.75, 3.05) is 6.54 Å². The molecule has 5 nitrogen and oxygen atoms in total. The second kappa shape index (κ2) is 8.60. The van der Waals surface area contributed by atoms with E-state index in [2.05, 4.69) is 5.32 Å². The van der Waals surface area contributed by atoms with Gasteiger partial charge >= 0.3 is 5.97 Å². The number of nitrogens with one attached hydrogen (secondary N) is 1. The maximum absolute atomic E-state index is 12.8. The summed E-state index contributed by atoms with van der Waals surface area (Å²) in [7, 11) is 0. The van der Waals surface area contributed by atoms with E-state index in [1.165, 1.54) is 43.3 Å². The van der Waals surface area contributed by atoms with E-state index >= 15 is 0 Å². The predicted octanol–water partition coefficient (Wildman–Crippen LogP) is 2.60. The number of hydrogen-bond acceptors (Lipinski definition) is 4. The first-order valence-corrected chi connectivity index (χ1v) is 7.73. The van der Waals surface area contributed by atoms with Gasteiger partial charge in [-0.2, -0.15) is 5.26 Å². The number of rotatable bonds is 6. The summed E-state index contributed by atoms with van der Waals surface area (Å²) in [4.78, 5) is 23.9. The van der Waals surface area contributed by atoms with Crippen molar-refractivity contribution in [3.05, 3.63) is 71.0 Å². The van der Waals surface area contributed by atoms with Crippen molar-refractivity contribution >= 4 is 11.9 Å². The third-order valence-corrected chi connectivity index (χ3v) is 3.53. The fourth-order valence-electron chi connectivity index (χ4n) is 2.09. The molecule has 0 fully saturated rings. The maximum atomic E-state index is 12.8. The molecule has 0 saturated carbocycles. The Hall–Kier alpha value is -3.20. The minimum atomic E-state index is -0.948. The smallest absolute Gasteiger partial charge is 0.338 e. The molecule has 128 valence electrons. The zero-order chi connectivity index (χ0) is 18.2. The Morgan fingerprint density at radius 1 is 1.16 bits per heavy atom. The molecule has 0 aliphatic rings. The molecule has 0 aromatic heterocycles. The van der Waals surface area contributed by atoms with Crippen molar-refractivity contribution < 1.29 is 18.7 Å². The lowest BCUT2D eigenvalue weighted by Gasteiger charge is -2.13. The van der Waals surface area contributed by atoms with Gasteiger partial charge in [0.1, 0.15) is 5.82 Å². The van der Waals surface area contributed by atoms with Crippen molar-refractivity contribution in [2.24, 2.45) is 0 Å². The van der Waals surface area contributed by atoms with Crippen LogP contribution < -0.4 is 5.32 Å². The lowest BCUT2D eigenvalue weighted by Crippen LogP contribution is -2.36. The fourth-order valence-corrected chi connectivity index (χ4v) is 2.09. The molecule has 25 heavy (non-hydrogen) atoms. The number of carbonyl (C=O) groups excluding carboxylic acids is 2. The lowest BCUT2D eigenvalue weighted by atomic mass is 10.1. The average Bonchev–Trinajstić information content (AvgIpc) is 2.63. The van der Waals surface area contributed by atoms with Gasteiger partial charge in [-0.3, -0.25) is 4.79 Å². The molecule has 0 bridgehead atoms. The highest BCUT2D eigenvalue weighted by atomic mass is 19.1. The highest BCUT2D eigenvalue weighted by Crippen LogP contribution is 2.07. The monoisotopic (exact) mass is 340 g/mol. The first kappa shape index (κ1) is 18.1. The summed E-state index contributed by atoms with van der Waals surface area (Å²) in [6.07, 6.45) is -0.404. The summed E-state index contributed by atoms with van der Waals surface area (Å²) in [5.74, 6) is -1.36. The van der Waals surface area contributed by atoms with E-state index in [1.54, 1.807) is 12.1 Å². The first-order chi connectivity index (χ1) is 12.0. The van der Waals surface area contributed by atoms with Gasteiger partial charge in [-0.05, 0) is 55.3 Å². The molecule has 6 heteroatoms. The second-order valence-electron chi connectivity index (χ2n) is 5.40. The molecule has 0 spiro atoms. The van der Waals surface area contributed by atoms with Crippen LogP contribution in [0.15, 0.2) is 48.5 Å². The molecule has 0 radical (unpaired) electrons. The fraction of sp³-hybridized carbons (Fsp3) is 0.211. The number of nitrogens with zero attached hydrogens (tertiary/aromatic N) is 1. The summed E-state index contributed by atoms with van der Waals surface area (Å²) in [5, 5.41) is 11.4. The van der Waals surface area contributed by atoms with Crippen LogP contribution in [0.3, 0.4) is 0 Å². The number of halogens is 1. The normalized spacial score (nSPS) is 11.2. The zero-order valence-electron chi connectivity index (χ0n) is 13.7. The SMILES string of the molecule is C[C@@H](OC(=O)c1ccc(C#N)cc1)C(=O)NCCc1ccc(F)cc1. The van der Waals surface area contributed by atoms with E-state index in [9.17, 15) is 14.0 Å². The van der Waals surface area contributed by atoms with Crippen LogP contribution >= 0.6 is 0 Å². The molecule has 0 saturated heterocycles. The molecule has 0 aliphatic carbocycles. The minimum Gasteiger partial charge on any atom is -0.449 e. The molecular formula is C19H17FN2O3. The summed E-state index contributed by atoms with van der Waals surface area (Å²) < 4.78 is 17.9. The van der Waals surface area contributed by atoms with E-state index < -0.39 is 18.0 Å². The Morgan fingerprint density at radius 3 is 2.40 bits per heavy atom. The highest BCUT2D eigenvalue weighted by Gasteiger charge is 2.18. The molecule has 1 N–H and O–H groups in total. The van der Waals surface area contributed by atoms with Crippen molar-refractivity contribution in [3.63, 3.8) is 0 Å². The number of esters is 1. The Bertz CT molecular complexity index is 780. The molecule has 2 rings (SSSR count). The summed E-state index contributed by atoms with van der Waals surface area (Å²) in [6.45, 7) is 1.83. The van der Waals surface area contributed by atoms with Gasteiger partial charge in [-0.25, -0.2) is 9.18 Å². The average molecular weight is 340 g/mol. The van der Waals surface area contributed by atoms with Crippen LogP contribution in [-0.4, -0.2) is 24.5 Å². The molecule has 0 unspecified atom stereocenters. The number of amides is 1. The van der Waals surface area contributed by atoms with Gasteiger partial charge in [0.05, 0.1) is 17.2 Å². The molecule has 2 aromatic carbocycles. The zero-order valence-corrected chi connectivity index (χ0v) is 13.7. The largest absolute Gasteiger partial charge is 0.449 e. The number of ether oxygens (including phenoxy) is 1. The van der Waals surface area contributed by atoms with Crippen LogP contribution in [0.1, 0.15) is 28.4 Å². The summed E-state index contributed by atoms with van der Waals surface area (Å²) in [6, 6.07) is 13.9. The van der Waals surface area contributed by atoms with Gasteiger partial charge in [0.25, 0.3) is 5.91 Å². The predicted molar refractivity (Wildman–Crippen MR) is 89.1 cm³/mol. The standard InChI is InChI=1S/C19H17FN2O3/c1-13(25-19(24)16-6-2-15(12-21)3-7-16)18(23)22-11-10-14-4-8-17(20)9-5-14/h2-9,13H,10-11H2,1H3,(H,22,23)/t13-/m1/s1. The third-order valence-electron chi connectivity index (χ3n) is 3.53. The van der Waals surface area contributed by atoms with Crippen molar-refractivity contribution in [3.8, 4) is 6.07 Å².